The van der Waals surface area contributed by atoms with Crippen LogP contribution in [0.2, 0.25) is 5.02 Å². The average Bonchev–Trinajstić information content (AvgIpc) is 3.35. The van der Waals surface area contributed by atoms with E-state index in [1.54, 1.807) is 24.3 Å². The zero-order valence-electron chi connectivity index (χ0n) is 23.0. The van der Waals surface area contributed by atoms with Gasteiger partial charge in [-0.25, -0.2) is 8.42 Å². The third-order valence-corrected chi connectivity index (χ3v) is 8.45. The van der Waals surface area contributed by atoms with E-state index in [2.05, 4.69) is 26.1 Å². The number of hydrogen-bond acceptors (Lipinski definition) is 4. The second-order valence-corrected chi connectivity index (χ2v) is 13.5. The molecule has 1 atom stereocenters. The number of rotatable bonds is 10. The summed E-state index contributed by atoms with van der Waals surface area (Å²) in [6.45, 7) is 7.85. The highest BCUT2D eigenvalue weighted by atomic mass is 35.5. The normalized spacial score (nSPS) is 15.2. The molecule has 1 fully saturated rings. The van der Waals surface area contributed by atoms with Crippen molar-refractivity contribution in [1.82, 2.24) is 10.2 Å². The van der Waals surface area contributed by atoms with Crippen LogP contribution in [0.4, 0.5) is 5.69 Å². The number of carbonyl (C=O) groups is 2. The highest BCUT2D eigenvalue weighted by Gasteiger charge is 2.33. The first kappa shape index (κ1) is 30.0. The number of sulfonamides is 1. The van der Waals surface area contributed by atoms with Crippen LogP contribution in [0.1, 0.15) is 70.9 Å². The van der Waals surface area contributed by atoms with Gasteiger partial charge in [-0.1, -0.05) is 76.4 Å². The van der Waals surface area contributed by atoms with Crippen LogP contribution in [0.15, 0.2) is 48.5 Å². The van der Waals surface area contributed by atoms with E-state index in [0.717, 1.165) is 47.4 Å². The van der Waals surface area contributed by atoms with E-state index < -0.39 is 28.5 Å². The number of nitrogens with one attached hydrogen (secondary N) is 1. The standard InChI is InChI=1S/C29H40ClN3O4S/c1-6-26(28(35)31-24-9-7-8-10-24)32(19-21-11-15-23(30)16-12-21)27(34)20-33(38(5,36)37)25-17-13-22(14-18-25)29(2,3)4/h11-18,24,26H,6-10,19-20H2,1-5H3,(H,31,35)/t26-/m0/s1. The highest BCUT2D eigenvalue weighted by Crippen LogP contribution is 2.27. The van der Waals surface area contributed by atoms with Gasteiger partial charge in [0, 0.05) is 17.6 Å². The van der Waals surface area contributed by atoms with Crippen molar-refractivity contribution in [3.63, 3.8) is 0 Å². The van der Waals surface area contributed by atoms with Gasteiger partial charge in [0.2, 0.25) is 21.8 Å². The van der Waals surface area contributed by atoms with Crippen molar-refractivity contribution in [2.75, 3.05) is 17.1 Å². The quantitative estimate of drug-likeness (QED) is 0.428. The first-order valence-corrected chi connectivity index (χ1v) is 15.4. The van der Waals surface area contributed by atoms with E-state index in [4.69, 9.17) is 11.6 Å². The van der Waals surface area contributed by atoms with E-state index >= 15 is 0 Å². The molecule has 0 heterocycles. The first-order chi connectivity index (χ1) is 17.8. The molecule has 208 valence electrons. The molecule has 1 N–H and O–H groups in total. The van der Waals surface area contributed by atoms with Crippen molar-refractivity contribution < 1.29 is 18.0 Å². The molecule has 0 saturated heterocycles. The lowest BCUT2D eigenvalue weighted by Gasteiger charge is -2.33. The Balaban J connectivity index is 1.91. The molecule has 0 bridgehead atoms. The van der Waals surface area contributed by atoms with Crippen LogP contribution in [0.5, 0.6) is 0 Å². The van der Waals surface area contributed by atoms with Crippen LogP contribution >= 0.6 is 11.6 Å². The molecule has 2 aromatic rings. The fourth-order valence-corrected chi connectivity index (χ4v) is 5.79. The topological polar surface area (TPSA) is 86.8 Å². The summed E-state index contributed by atoms with van der Waals surface area (Å²) in [6.07, 6.45) is 5.50. The number of hydrogen-bond donors (Lipinski definition) is 1. The van der Waals surface area contributed by atoms with Gasteiger partial charge in [-0.3, -0.25) is 13.9 Å². The Bertz CT molecular complexity index is 1200. The maximum absolute atomic E-state index is 13.8. The largest absolute Gasteiger partial charge is 0.352 e. The summed E-state index contributed by atoms with van der Waals surface area (Å²) >= 11 is 6.05. The molecule has 7 nitrogen and oxygen atoms in total. The minimum absolute atomic E-state index is 0.0966. The SMILES string of the molecule is CC[C@@H](C(=O)NC1CCCC1)N(Cc1ccc(Cl)cc1)C(=O)CN(c1ccc(C(C)(C)C)cc1)S(C)(=O)=O. The number of amides is 2. The van der Waals surface area contributed by atoms with Crippen LogP contribution < -0.4 is 9.62 Å². The summed E-state index contributed by atoms with van der Waals surface area (Å²) in [5, 5.41) is 3.68. The maximum Gasteiger partial charge on any atom is 0.244 e. The predicted octanol–water partition coefficient (Wildman–Crippen LogP) is 5.27. The minimum Gasteiger partial charge on any atom is -0.352 e. The van der Waals surface area contributed by atoms with Gasteiger partial charge in [-0.15, -0.1) is 0 Å². The number of benzene rings is 2. The van der Waals surface area contributed by atoms with E-state index in [1.165, 1.54) is 4.90 Å². The smallest absolute Gasteiger partial charge is 0.244 e. The average molecular weight is 562 g/mol. The molecular weight excluding hydrogens is 522 g/mol. The molecule has 9 heteroatoms. The third kappa shape index (κ3) is 7.96. The molecular formula is C29H40ClN3O4S. The van der Waals surface area contributed by atoms with Crippen LogP contribution in [-0.2, 0) is 31.6 Å². The van der Waals surface area contributed by atoms with E-state index in [1.807, 2.05) is 31.2 Å². The van der Waals surface area contributed by atoms with Crippen LogP contribution in [-0.4, -0.2) is 50.0 Å². The van der Waals surface area contributed by atoms with Crippen molar-refractivity contribution in [3.8, 4) is 0 Å². The third-order valence-electron chi connectivity index (χ3n) is 7.05. The van der Waals surface area contributed by atoms with Crippen molar-refractivity contribution in [1.29, 1.82) is 0 Å². The Morgan fingerprint density at radius 2 is 1.61 bits per heavy atom. The van der Waals surface area contributed by atoms with E-state index in [-0.39, 0.29) is 23.9 Å². The summed E-state index contributed by atoms with van der Waals surface area (Å²) in [7, 11) is -3.78. The molecule has 0 unspecified atom stereocenters. The van der Waals surface area contributed by atoms with Gasteiger partial charge in [0.25, 0.3) is 0 Å². The summed E-state index contributed by atoms with van der Waals surface area (Å²) in [5.74, 6) is -0.652. The van der Waals surface area contributed by atoms with Gasteiger partial charge >= 0.3 is 0 Å². The summed E-state index contributed by atoms with van der Waals surface area (Å²) in [4.78, 5) is 28.7. The maximum atomic E-state index is 13.8. The van der Waals surface area contributed by atoms with Crippen LogP contribution in [0.3, 0.4) is 0 Å². The lowest BCUT2D eigenvalue weighted by atomic mass is 9.87. The Morgan fingerprint density at radius 1 is 1.03 bits per heavy atom. The first-order valence-electron chi connectivity index (χ1n) is 13.2. The fourth-order valence-electron chi connectivity index (χ4n) is 4.81. The molecule has 0 radical (unpaired) electrons. The Kier molecular flexibility index (Phi) is 9.87. The van der Waals surface area contributed by atoms with Crippen molar-refractivity contribution in [2.24, 2.45) is 0 Å². The van der Waals surface area contributed by atoms with Crippen LogP contribution in [0.25, 0.3) is 0 Å². The van der Waals surface area contributed by atoms with Gasteiger partial charge in [-0.2, -0.15) is 0 Å². The lowest BCUT2D eigenvalue weighted by Crippen LogP contribution is -2.53. The monoisotopic (exact) mass is 561 g/mol. The van der Waals surface area contributed by atoms with Gasteiger partial charge in [0.1, 0.15) is 12.6 Å². The number of anilines is 1. The molecule has 2 amide bonds. The van der Waals surface area contributed by atoms with Gasteiger partial charge < -0.3 is 10.2 Å². The van der Waals surface area contributed by atoms with Crippen molar-refractivity contribution in [3.05, 3.63) is 64.7 Å². The molecule has 38 heavy (non-hydrogen) atoms. The molecule has 0 aromatic heterocycles. The second kappa shape index (κ2) is 12.5. The van der Waals surface area contributed by atoms with Crippen LogP contribution in [0, 0.1) is 0 Å². The van der Waals surface area contributed by atoms with E-state index in [0.29, 0.717) is 17.1 Å². The summed E-state index contributed by atoms with van der Waals surface area (Å²) in [5.41, 5.74) is 2.17. The second-order valence-electron chi connectivity index (χ2n) is 11.1. The minimum atomic E-state index is -3.78. The number of carbonyl (C=O) groups excluding carboxylic acids is 2. The van der Waals surface area contributed by atoms with Gasteiger partial charge in [-0.05, 0) is 60.1 Å². The highest BCUT2D eigenvalue weighted by molar-refractivity contribution is 7.92. The molecule has 3 rings (SSSR count). The predicted molar refractivity (Wildman–Crippen MR) is 154 cm³/mol. The van der Waals surface area contributed by atoms with Gasteiger partial charge in [0.05, 0.1) is 11.9 Å². The number of nitrogens with zero attached hydrogens (tertiary/aromatic N) is 2. The molecule has 0 aliphatic heterocycles. The summed E-state index contributed by atoms with van der Waals surface area (Å²) < 4.78 is 26.8. The molecule has 1 aliphatic carbocycles. The zero-order valence-corrected chi connectivity index (χ0v) is 24.6. The Morgan fingerprint density at radius 3 is 2.11 bits per heavy atom. The molecule has 1 aliphatic rings. The number of halogens is 1. The van der Waals surface area contributed by atoms with Crippen molar-refractivity contribution >= 4 is 39.1 Å². The molecule has 2 aromatic carbocycles. The van der Waals surface area contributed by atoms with Crippen molar-refractivity contribution in [2.45, 2.75) is 83.8 Å². The van der Waals surface area contributed by atoms with E-state index in [9.17, 15) is 18.0 Å². The Labute approximate surface area is 232 Å². The fraction of sp³-hybridized carbons (Fsp3) is 0.517. The Hall–Kier alpha value is -2.58. The summed E-state index contributed by atoms with van der Waals surface area (Å²) in [6, 6.07) is 13.7. The van der Waals surface area contributed by atoms with Gasteiger partial charge in [0.15, 0.2) is 0 Å². The lowest BCUT2D eigenvalue weighted by molar-refractivity contribution is -0.140. The molecule has 0 spiro atoms. The molecule has 1 saturated carbocycles. The zero-order chi connectivity index (χ0) is 28.1.